The van der Waals surface area contributed by atoms with E-state index in [0.717, 1.165) is 36.9 Å². The van der Waals surface area contributed by atoms with Gasteiger partial charge in [0.05, 0.1) is 37.1 Å². The van der Waals surface area contributed by atoms with E-state index in [2.05, 4.69) is 9.80 Å². The first kappa shape index (κ1) is 21.5. The quantitative estimate of drug-likeness (QED) is 0.686. The van der Waals surface area contributed by atoms with Gasteiger partial charge in [0.2, 0.25) is 11.8 Å². The smallest absolute Gasteiger partial charge is 0.229 e. The lowest BCUT2D eigenvalue weighted by Gasteiger charge is -2.38. The van der Waals surface area contributed by atoms with Crippen LogP contribution in [-0.4, -0.2) is 88.8 Å². The number of piperazine rings is 1. The van der Waals surface area contributed by atoms with Crippen molar-refractivity contribution in [3.05, 3.63) is 35.1 Å². The molecular formula is C22H28ClFN6O2. The van der Waals surface area contributed by atoms with Crippen LogP contribution in [0.3, 0.4) is 0 Å². The van der Waals surface area contributed by atoms with E-state index in [9.17, 15) is 0 Å². The number of ether oxygens (including phenoxy) is 2. The highest BCUT2D eigenvalue weighted by Crippen LogP contribution is 2.31. The second-order valence-corrected chi connectivity index (χ2v) is 8.52. The molecular weight excluding hydrogens is 435 g/mol. The molecule has 0 bridgehead atoms. The number of nitrogens with zero attached hydrogens (tertiary/aromatic N) is 6. The molecule has 0 aliphatic carbocycles. The first-order valence-corrected chi connectivity index (χ1v) is 11.6. The van der Waals surface area contributed by atoms with Crippen LogP contribution in [0.25, 0.3) is 0 Å². The molecule has 2 aromatic rings. The van der Waals surface area contributed by atoms with Crippen molar-refractivity contribution in [3.8, 4) is 0 Å². The average molecular weight is 463 g/mol. The highest BCUT2D eigenvalue weighted by Gasteiger charge is 2.28. The van der Waals surface area contributed by atoms with Crippen LogP contribution in [0.2, 0.25) is 5.02 Å². The normalized spacial score (nSPS) is 20.1. The molecule has 3 aliphatic rings. The van der Waals surface area contributed by atoms with Crippen LogP contribution in [0, 0.1) is 5.82 Å². The fourth-order valence-electron chi connectivity index (χ4n) is 4.38. The maximum Gasteiger partial charge on any atom is 0.229 e. The lowest BCUT2D eigenvalue weighted by molar-refractivity contribution is 0.121. The highest BCUT2D eigenvalue weighted by molar-refractivity contribution is 6.33. The number of aromatic nitrogens is 2. The Morgan fingerprint density at radius 2 is 1.19 bits per heavy atom. The fourth-order valence-corrected chi connectivity index (χ4v) is 4.63. The number of para-hydroxylation sites is 1. The van der Waals surface area contributed by atoms with Crippen LogP contribution < -0.4 is 19.6 Å². The summed E-state index contributed by atoms with van der Waals surface area (Å²) in [6.45, 7) is 7.84. The van der Waals surface area contributed by atoms with E-state index in [1.165, 1.54) is 0 Å². The summed E-state index contributed by atoms with van der Waals surface area (Å²) in [5.74, 6) is 0.960. The number of hydrogen-bond acceptors (Lipinski definition) is 8. The molecule has 5 rings (SSSR count). The van der Waals surface area contributed by atoms with Crippen molar-refractivity contribution in [1.82, 2.24) is 9.97 Å². The molecule has 3 aliphatic heterocycles. The summed E-state index contributed by atoms with van der Waals surface area (Å²) in [5.41, 5.74) is 1.04. The molecule has 0 atom stereocenters. The van der Waals surface area contributed by atoms with Crippen molar-refractivity contribution in [2.24, 2.45) is 0 Å². The van der Waals surface area contributed by atoms with Crippen molar-refractivity contribution in [2.45, 2.75) is 0 Å². The topological polar surface area (TPSA) is 57.2 Å². The number of rotatable bonds is 4. The summed E-state index contributed by atoms with van der Waals surface area (Å²) in [7, 11) is 0. The Morgan fingerprint density at radius 3 is 1.72 bits per heavy atom. The van der Waals surface area contributed by atoms with Crippen molar-refractivity contribution >= 4 is 34.9 Å². The van der Waals surface area contributed by atoms with E-state index >= 15 is 4.39 Å². The summed E-state index contributed by atoms with van der Waals surface area (Å²) < 4.78 is 26.5. The third-order valence-corrected chi connectivity index (χ3v) is 6.50. The van der Waals surface area contributed by atoms with E-state index < -0.39 is 0 Å². The first-order valence-electron chi connectivity index (χ1n) is 11.2. The zero-order valence-electron chi connectivity index (χ0n) is 18.1. The van der Waals surface area contributed by atoms with E-state index in [4.69, 9.17) is 31.0 Å². The molecule has 0 spiro atoms. The van der Waals surface area contributed by atoms with Crippen molar-refractivity contribution in [1.29, 1.82) is 0 Å². The van der Waals surface area contributed by atoms with Gasteiger partial charge in [0, 0.05) is 52.4 Å². The minimum Gasteiger partial charge on any atom is -0.378 e. The zero-order chi connectivity index (χ0) is 21.9. The van der Waals surface area contributed by atoms with Gasteiger partial charge < -0.3 is 29.1 Å². The highest BCUT2D eigenvalue weighted by atomic mass is 35.5. The summed E-state index contributed by atoms with van der Waals surface area (Å²) in [6.07, 6.45) is 0. The molecule has 0 radical (unpaired) electrons. The van der Waals surface area contributed by atoms with Crippen molar-refractivity contribution in [2.75, 3.05) is 98.4 Å². The van der Waals surface area contributed by atoms with Gasteiger partial charge in [0.1, 0.15) is 0 Å². The SMILES string of the molecule is Fc1c(N2CCOCC2)nc(N2CCN(c3ccccc3Cl)CC2)nc1N1CCOCC1. The predicted octanol–water partition coefficient (Wildman–Crippen LogP) is 2.27. The van der Waals surface area contributed by atoms with Crippen LogP contribution >= 0.6 is 11.6 Å². The number of halogens is 2. The lowest BCUT2D eigenvalue weighted by Crippen LogP contribution is -2.48. The molecule has 0 saturated carbocycles. The van der Waals surface area contributed by atoms with Gasteiger partial charge in [-0.15, -0.1) is 0 Å². The molecule has 0 unspecified atom stereocenters. The van der Waals surface area contributed by atoms with Gasteiger partial charge in [-0.05, 0) is 12.1 Å². The minimum atomic E-state index is -0.354. The van der Waals surface area contributed by atoms with Crippen molar-refractivity contribution < 1.29 is 13.9 Å². The Balaban J connectivity index is 1.41. The number of benzene rings is 1. The Hall–Kier alpha value is -2.36. The molecule has 10 heteroatoms. The molecule has 0 amide bonds. The predicted molar refractivity (Wildman–Crippen MR) is 124 cm³/mol. The Kier molecular flexibility index (Phi) is 6.47. The summed E-state index contributed by atoms with van der Waals surface area (Å²) in [6, 6.07) is 7.89. The minimum absolute atomic E-state index is 0.354. The number of morpholine rings is 2. The second-order valence-electron chi connectivity index (χ2n) is 8.11. The van der Waals surface area contributed by atoms with Crippen LogP contribution in [0.15, 0.2) is 24.3 Å². The molecule has 3 fully saturated rings. The van der Waals surface area contributed by atoms with E-state index in [1.54, 1.807) is 0 Å². The Bertz CT molecular complexity index is 891. The molecule has 3 saturated heterocycles. The number of anilines is 4. The van der Waals surface area contributed by atoms with Crippen LogP contribution in [0.4, 0.5) is 27.7 Å². The molecule has 0 N–H and O–H groups in total. The zero-order valence-corrected chi connectivity index (χ0v) is 18.8. The molecule has 1 aromatic heterocycles. The van der Waals surface area contributed by atoms with Crippen molar-refractivity contribution in [3.63, 3.8) is 0 Å². The average Bonchev–Trinajstić information content (AvgIpc) is 2.86. The molecule has 172 valence electrons. The molecule has 1 aromatic carbocycles. The van der Waals surface area contributed by atoms with E-state index in [0.29, 0.717) is 70.2 Å². The van der Waals surface area contributed by atoms with Gasteiger partial charge in [-0.2, -0.15) is 14.4 Å². The largest absolute Gasteiger partial charge is 0.378 e. The summed E-state index contributed by atoms with van der Waals surface area (Å²) in [5, 5.41) is 0.753. The second kappa shape index (κ2) is 9.64. The van der Waals surface area contributed by atoms with Gasteiger partial charge >= 0.3 is 0 Å². The standard InChI is InChI=1S/C22H28ClFN6O2/c23-17-3-1-2-4-18(17)27-5-7-30(8-6-27)22-25-20(28-9-13-31-14-10-28)19(24)21(26-22)29-11-15-32-16-12-29/h1-4H,5-16H2. The fraction of sp³-hybridized carbons (Fsp3) is 0.545. The van der Waals surface area contributed by atoms with Gasteiger partial charge in [-0.1, -0.05) is 23.7 Å². The monoisotopic (exact) mass is 462 g/mol. The molecule has 4 heterocycles. The summed E-state index contributed by atoms with van der Waals surface area (Å²) in [4.78, 5) is 17.7. The van der Waals surface area contributed by atoms with Gasteiger partial charge in [-0.3, -0.25) is 0 Å². The Labute approximate surface area is 192 Å². The van der Waals surface area contributed by atoms with E-state index in [-0.39, 0.29) is 5.82 Å². The summed E-state index contributed by atoms with van der Waals surface area (Å²) >= 11 is 6.39. The third-order valence-electron chi connectivity index (χ3n) is 6.18. The van der Waals surface area contributed by atoms with Crippen LogP contribution in [-0.2, 0) is 9.47 Å². The maximum atomic E-state index is 15.6. The molecule has 32 heavy (non-hydrogen) atoms. The first-order chi connectivity index (χ1) is 15.7. The van der Waals surface area contributed by atoms with Gasteiger partial charge in [0.25, 0.3) is 0 Å². The van der Waals surface area contributed by atoms with Crippen LogP contribution in [0.1, 0.15) is 0 Å². The third kappa shape index (κ3) is 4.42. The van der Waals surface area contributed by atoms with Gasteiger partial charge in [-0.25, -0.2) is 0 Å². The van der Waals surface area contributed by atoms with E-state index in [1.807, 2.05) is 34.1 Å². The molecule has 8 nitrogen and oxygen atoms in total. The maximum absolute atomic E-state index is 15.6. The van der Waals surface area contributed by atoms with Crippen LogP contribution in [0.5, 0.6) is 0 Å². The lowest BCUT2D eigenvalue weighted by atomic mass is 10.2. The number of hydrogen-bond donors (Lipinski definition) is 0. The van der Waals surface area contributed by atoms with Gasteiger partial charge in [0.15, 0.2) is 11.6 Å². The Morgan fingerprint density at radius 1 is 0.688 bits per heavy atom.